The van der Waals surface area contributed by atoms with Gasteiger partial charge in [-0.2, -0.15) is 0 Å². The molecular weight excluding hydrogens is 700 g/mol. The van der Waals surface area contributed by atoms with Gasteiger partial charge in [0, 0.05) is 30.8 Å². The molecule has 0 amide bonds. The smallest absolute Gasteiger partial charge is 0.331 e. The van der Waals surface area contributed by atoms with Crippen LogP contribution >= 0.6 is 0 Å². The average molecular weight is 765 g/mol. The highest BCUT2D eigenvalue weighted by Crippen LogP contribution is 2.70. The Morgan fingerprint density at radius 2 is 1.30 bits per heavy atom. The molecule has 4 aliphatic carbocycles. The number of aliphatic hydroxyl groups excluding tert-OH is 4. The molecule has 8 aliphatic rings. The van der Waals surface area contributed by atoms with Gasteiger partial charge in [0.2, 0.25) is 0 Å². The Morgan fingerprint density at radius 1 is 0.685 bits per heavy atom. The lowest BCUT2D eigenvalue weighted by atomic mass is 9.43. The fourth-order valence-corrected chi connectivity index (χ4v) is 12.8. The average Bonchev–Trinajstić information content (AvgIpc) is 3.66. The second-order valence-electron chi connectivity index (χ2n) is 18.7. The highest BCUT2D eigenvalue weighted by Gasteiger charge is 2.68. The first-order valence-electron chi connectivity index (χ1n) is 20.8. The molecular formula is C41H64O13. The second-order valence-corrected chi connectivity index (χ2v) is 18.7. The number of carbonyl (C=O) groups is 1. The van der Waals surface area contributed by atoms with Crippen molar-refractivity contribution in [2.24, 2.45) is 34.5 Å². The summed E-state index contributed by atoms with van der Waals surface area (Å²) in [4.78, 5) is 11.9. The molecule has 4 unspecified atom stereocenters. The van der Waals surface area contributed by atoms with Gasteiger partial charge in [-0.1, -0.05) is 13.8 Å². The van der Waals surface area contributed by atoms with Crippen LogP contribution in [0.5, 0.6) is 0 Å². The molecule has 4 aliphatic heterocycles. The van der Waals surface area contributed by atoms with Crippen molar-refractivity contribution in [2.45, 2.75) is 197 Å². The predicted octanol–water partition coefficient (Wildman–Crippen LogP) is 3.25. The maximum Gasteiger partial charge on any atom is 0.331 e. The van der Waals surface area contributed by atoms with Gasteiger partial charge < -0.3 is 58.7 Å². The Labute approximate surface area is 319 Å². The fourth-order valence-electron chi connectivity index (χ4n) is 12.8. The fraction of sp³-hybridized carbons (Fsp3) is 0.927. The van der Waals surface area contributed by atoms with Gasteiger partial charge in [0.15, 0.2) is 18.9 Å². The number of ether oxygens (including phenoxy) is 7. The number of hydrogen-bond donors (Lipinski definition) is 5. The molecule has 0 bridgehead atoms. The van der Waals surface area contributed by atoms with E-state index in [2.05, 4.69) is 13.8 Å². The van der Waals surface area contributed by atoms with Gasteiger partial charge in [-0.25, -0.2) is 4.79 Å². The SMILES string of the molecule is C[C@H]1O[C@@H](O[C@H]2[C@@H](O)CC(O[C@H]3[C@@H](O)C[C@H](O[C@H]4CC[C@@]5(C)C(CCC6C5CC[C@]5(C)[C@@H](C7=CC(=O)OC7)CC[C@]65O)C4)O[C@@H]3C)O[C@@H]2C)C[C@H](O)[C@@H]1O. The molecule has 0 aromatic heterocycles. The van der Waals surface area contributed by atoms with Crippen LogP contribution in [0.15, 0.2) is 11.6 Å². The van der Waals surface area contributed by atoms with Crippen LogP contribution in [0.25, 0.3) is 0 Å². The lowest BCUT2D eigenvalue weighted by Crippen LogP contribution is -2.62. The van der Waals surface area contributed by atoms with Gasteiger partial charge in [-0.3, -0.25) is 0 Å². The highest BCUT2D eigenvalue weighted by atomic mass is 16.7. The van der Waals surface area contributed by atoms with Crippen molar-refractivity contribution in [2.75, 3.05) is 6.61 Å². The quantitative estimate of drug-likeness (QED) is 0.188. The van der Waals surface area contributed by atoms with Crippen LogP contribution in [0.1, 0.15) is 112 Å². The van der Waals surface area contributed by atoms with Gasteiger partial charge in [0.25, 0.3) is 0 Å². The number of esters is 1. The number of carbonyl (C=O) groups excluding carboxylic acids is 1. The van der Waals surface area contributed by atoms with E-state index in [1.165, 1.54) is 0 Å². The van der Waals surface area contributed by atoms with Crippen LogP contribution in [0.2, 0.25) is 0 Å². The third kappa shape index (κ3) is 6.82. The Bertz CT molecular complexity index is 1370. The van der Waals surface area contributed by atoms with Crippen molar-refractivity contribution < 1.29 is 63.5 Å². The molecule has 7 fully saturated rings. The van der Waals surface area contributed by atoms with E-state index in [0.29, 0.717) is 18.4 Å². The Hall–Kier alpha value is -1.23. The van der Waals surface area contributed by atoms with Crippen LogP contribution in [0.3, 0.4) is 0 Å². The third-order valence-corrected chi connectivity index (χ3v) is 15.9. The summed E-state index contributed by atoms with van der Waals surface area (Å²) in [7, 11) is 0. The van der Waals surface area contributed by atoms with Gasteiger partial charge in [-0.15, -0.1) is 0 Å². The van der Waals surface area contributed by atoms with Gasteiger partial charge >= 0.3 is 5.97 Å². The number of fused-ring (bicyclic) bond motifs is 5. The van der Waals surface area contributed by atoms with Gasteiger partial charge in [0.05, 0.1) is 48.3 Å². The van der Waals surface area contributed by atoms with E-state index in [0.717, 1.165) is 63.4 Å². The largest absolute Gasteiger partial charge is 0.458 e. The Balaban J connectivity index is 0.826. The molecule has 0 aromatic carbocycles. The van der Waals surface area contributed by atoms with Crippen LogP contribution in [-0.4, -0.2) is 124 Å². The summed E-state index contributed by atoms with van der Waals surface area (Å²) in [6.45, 7) is 10.4. The number of cyclic esters (lactones) is 1. The summed E-state index contributed by atoms with van der Waals surface area (Å²) >= 11 is 0. The molecule has 5 N–H and O–H groups in total. The zero-order valence-corrected chi connectivity index (χ0v) is 32.6. The van der Waals surface area contributed by atoms with E-state index < -0.39 is 79.4 Å². The first-order chi connectivity index (χ1) is 25.6. The molecule has 4 saturated carbocycles. The summed E-state index contributed by atoms with van der Waals surface area (Å²) in [5.74, 6) is 1.13. The van der Waals surface area contributed by atoms with Crippen LogP contribution in [-0.2, 0) is 38.0 Å². The van der Waals surface area contributed by atoms with E-state index in [-0.39, 0.29) is 54.0 Å². The molecule has 54 heavy (non-hydrogen) atoms. The standard InChI is InChI=1S/C41H64O13/c1-20-36(46)29(42)16-34(49-20)53-38-22(3)51-35(18-31(38)44)54-37-21(2)50-33(17-30(37)43)52-25-8-11-39(4)24(15-25)6-7-28-27(39)9-12-40(5)26(10-13-41(28,40)47)23-14-32(45)48-19-23/h14,20-22,24-31,33-38,42-44,46-47H,6-13,15-19H2,1-5H3/t20-,21-,22-,24?,25+,26-,27?,28?,29+,30+,31+,33+,34+,35?,36-,37-,38-,39+,40-,41+/m1/s1. The summed E-state index contributed by atoms with van der Waals surface area (Å²) in [5, 5.41) is 55.0. The first kappa shape index (κ1) is 39.6. The molecule has 3 saturated heterocycles. The molecule has 4 heterocycles. The zero-order valence-electron chi connectivity index (χ0n) is 32.6. The molecule has 8 rings (SSSR count). The second kappa shape index (κ2) is 14.9. The van der Waals surface area contributed by atoms with Crippen LogP contribution in [0, 0.1) is 34.5 Å². The molecule has 0 radical (unpaired) electrons. The zero-order chi connectivity index (χ0) is 38.3. The van der Waals surface area contributed by atoms with Gasteiger partial charge in [0.1, 0.15) is 24.9 Å². The lowest BCUT2D eigenvalue weighted by Gasteiger charge is -2.64. The highest BCUT2D eigenvalue weighted by molar-refractivity contribution is 5.85. The van der Waals surface area contributed by atoms with E-state index in [1.807, 2.05) is 6.92 Å². The van der Waals surface area contributed by atoms with Crippen molar-refractivity contribution >= 4 is 5.97 Å². The van der Waals surface area contributed by atoms with Crippen molar-refractivity contribution in [1.82, 2.24) is 0 Å². The van der Waals surface area contributed by atoms with E-state index in [1.54, 1.807) is 19.9 Å². The van der Waals surface area contributed by atoms with Crippen molar-refractivity contribution in [1.29, 1.82) is 0 Å². The van der Waals surface area contributed by atoms with E-state index >= 15 is 0 Å². The normalized spacial score (nSPS) is 55.0. The Morgan fingerprint density at radius 3 is 1.89 bits per heavy atom. The summed E-state index contributed by atoms with van der Waals surface area (Å²) in [6, 6.07) is 0. The predicted molar refractivity (Wildman–Crippen MR) is 191 cm³/mol. The number of aliphatic hydroxyl groups is 5. The molecule has 20 atom stereocenters. The monoisotopic (exact) mass is 764 g/mol. The third-order valence-electron chi connectivity index (χ3n) is 15.9. The summed E-state index contributed by atoms with van der Waals surface area (Å²) < 4.78 is 42.2. The first-order valence-corrected chi connectivity index (χ1v) is 20.8. The van der Waals surface area contributed by atoms with E-state index in [4.69, 9.17) is 33.2 Å². The molecule has 13 heteroatoms. The number of rotatable bonds is 7. The number of hydrogen-bond acceptors (Lipinski definition) is 13. The van der Waals surface area contributed by atoms with Crippen molar-refractivity contribution in [3.63, 3.8) is 0 Å². The van der Waals surface area contributed by atoms with Crippen LogP contribution < -0.4 is 0 Å². The lowest BCUT2D eigenvalue weighted by molar-refractivity contribution is -0.336. The minimum atomic E-state index is -0.996. The molecule has 13 nitrogen and oxygen atoms in total. The van der Waals surface area contributed by atoms with Crippen molar-refractivity contribution in [3.8, 4) is 0 Å². The Kier molecular flexibility index (Phi) is 10.9. The minimum absolute atomic E-state index is 0.0243. The van der Waals surface area contributed by atoms with Crippen LogP contribution in [0.4, 0.5) is 0 Å². The van der Waals surface area contributed by atoms with Gasteiger partial charge in [-0.05, 0) is 113 Å². The topological polar surface area (TPSA) is 183 Å². The summed E-state index contributed by atoms with van der Waals surface area (Å²) in [6.07, 6.45) is 1.90. The summed E-state index contributed by atoms with van der Waals surface area (Å²) in [5.41, 5.74) is 0.215. The maximum absolute atomic E-state index is 12.6. The van der Waals surface area contributed by atoms with Crippen molar-refractivity contribution in [3.05, 3.63) is 11.6 Å². The molecule has 0 spiro atoms. The van der Waals surface area contributed by atoms with E-state index in [9.17, 15) is 30.3 Å². The maximum atomic E-state index is 12.6. The molecule has 306 valence electrons. The minimum Gasteiger partial charge on any atom is -0.458 e. The molecule has 0 aromatic rings.